The van der Waals surface area contributed by atoms with E-state index in [-0.39, 0.29) is 5.69 Å². The summed E-state index contributed by atoms with van der Waals surface area (Å²) in [4.78, 5) is -0.547. The summed E-state index contributed by atoms with van der Waals surface area (Å²) in [5, 5.41) is 0. The SMILES string of the molecule is O=S(=O)(Nc1ccc(F)cc1)c1cc(F)cc(F)c1. The van der Waals surface area contributed by atoms with Crippen molar-refractivity contribution in [2.45, 2.75) is 4.90 Å². The average molecular weight is 287 g/mol. The van der Waals surface area contributed by atoms with E-state index in [9.17, 15) is 21.6 Å². The largest absolute Gasteiger partial charge is 0.280 e. The molecule has 2 rings (SSSR count). The van der Waals surface area contributed by atoms with Crippen molar-refractivity contribution in [3.05, 3.63) is 59.9 Å². The predicted molar refractivity (Wildman–Crippen MR) is 63.6 cm³/mol. The van der Waals surface area contributed by atoms with Crippen molar-refractivity contribution in [1.82, 2.24) is 0 Å². The maximum Gasteiger partial charge on any atom is 0.262 e. The molecule has 0 aliphatic carbocycles. The topological polar surface area (TPSA) is 46.2 Å². The molecule has 0 unspecified atom stereocenters. The molecule has 0 heterocycles. The van der Waals surface area contributed by atoms with Gasteiger partial charge < -0.3 is 0 Å². The fourth-order valence-corrected chi connectivity index (χ4v) is 2.52. The smallest absolute Gasteiger partial charge is 0.262 e. The summed E-state index contributed by atoms with van der Waals surface area (Å²) in [6, 6.07) is 6.46. The predicted octanol–water partition coefficient (Wildman–Crippen LogP) is 2.90. The Hall–Kier alpha value is -2.02. The third-order valence-electron chi connectivity index (χ3n) is 2.24. The molecule has 0 aliphatic heterocycles. The molecule has 2 aromatic carbocycles. The molecule has 1 N–H and O–H groups in total. The molecule has 0 saturated heterocycles. The lowest BCUT2D eigenvalue weighted by Crippen LogP contribution is -2.13. The summed E-state index contributed by atoms with van der Waals surface area (Å²) in [5.74, 6) is -2.53. The second-order valence-electron chi connectivity index (χ2n) is 3.72. The standard InChI is InChI=1S/C12H8F3NO2S/c13-8-1-3-11(4-2-8)16-19(17,18)12-6-9(14)5-10(15)7-12/h1-7,16H. The molecule has 0 fully saturated rings. The maximum absolute atomic E-state index is 13.0. The summed E-state index contributed by atoms with van der Waals surface area (Å²) < 4.78 is 64.4. The van der Waals surface area contributed by atoms with Crippen molar-refractivity contribution < 1.29 is 21.6 Å². The first kappa shape index (κ1) is 13.4. The van der Waals surface area contributed by atoms with Crippen LogP contribution in [-0.2, 0) is 10.0 Å². The molecule has 0 amide bonds. The molecule has 0 aromatic heterocycles. The summed E-state index contributed by atoms with van der Waals surface area (Å²) in [5.41, 5.74) is 0.0890. The maximum atomic E-state index is 13.0. The Labute approximate surface area is 107 Å². The lowest BCUT2D eigenvalue weighted by molar-refractivity contribution is 0.568. The Morgan fingerprint density at radius 1 is 0.789 bits per heavy atom. The highest BCUT2D eigenvalue weighted by Gasteiger charge is 2.16. The number of anilines is 1. The van der Waals surface area contributed by atoms with Crippen LogP contribution in [0.1, 0.15) is 0 Å². The monoisotopic (exact) mass is 287 g/mol. The Morgan fingerprint density at radius 3 is 1.84 bits per heavy atom. The molecule has 19 heavy (non-hydrogen) atoms. The van der Waals surface area contributed by atoms with E-state index in [2.05, 4.69) is 4.72 Å². The fraction of sp³-hybridized carbons (Fsp3) is 0. The zero-order valence-electron chi connectivity index (χ0n) is 9.40. The highest BCUT2D eigenvalue weighted by atomic mass is 32.2. The molecular weight excluding hydrogens is 279 g/mol. The van der Waals surface area contributed by atoms with Gasteiger partial charge in [0, 0.05) is 11.8 Å². The summed E-state index contributed by atoms with van der Waals surface area (Å²) in [6.45, 7) is 0. The van der Waals surface area contributed by atoms with Gasteiger partial charge in [-0.2, -0.15) is 0 Å². The van der Waals surface area contributed by atoms with Crippen LogP contribution in [0.4, 0.5) is 18.9 Å². The lowest BCUT2D eigenvalue weighted by atomic mass is 10.3. The highest BCUT2D eigenvalue weighted by molar-refractivity contribution is 7.92. The second kappa shape index (κ2) is 4.93. The molecule has 0 aliphatic rings. The zero-order chi connectivity index (χ0) is 14.0. The minimum Gasteiger partial charge on any atom is -0.280 e. The van der Waals surface area contributed by atoms with Crippen LogP contribution in [0.2, 0.25) is 0 Å². The van der Waals surface area contributed by atoms with Crippen LogP contribution in [-0.4, -0.2) is 8.42 Å². The van der Waals surface area contributed by atoms with Gasteiger partial charge in [0.2, 0.25) is 0 Å². The number of hydrogen-bond acceptors (Lipinski definition) is 2. The summed E-state index contributed by atoms with van der Waals surface area (Å²) >= 11 is 0. The van der Waals surface area contributed by atoms with Crippen LogP contribution in [0.15, 0.2) is 47.4 Å². The van der Waals surface area contributed by atoms with Gasteiger partial charge in [0.1, 0.15) is 17.5 Å². The van der Waals surface area contributed by atoms with Crippen LogP contribution in [0.5, 0.6) is 0 Å². The molecule has 2 aromatic rings. The van der Waals surface area contributed by atoms with E-state index >= 15 is 0 Å². The summed E-state index contributed by atoms with van der Waals surface area (Å²) in [7, 11) is -4.12. The van der Waals surface area contributed by atoms with Crippen LogP contribution < -0.4 is 4.72 Å². The van der Waals surface area contributed by atoms with Crippen molar-refractivity contribution in [1.29, 1.82) is 0 Å². The van der Waals surface area contributed by atoms with Gasteiger partial charge in [0.05, 0.1) is 4.90 Å². The van der Waals surface area contributed by atoms with Gasteiger partial charge in [-0.1, -0.05) is 0 Å². The van der Waals surface area contributed by atoms with Gasteiger partial charge in [-0.25, -0.2) is 21.6 Å². The Morgan fingerprint density at radius 2 is 1.32 bits per heavy atom. The van der Waals surface area contributed by atoms with Gasteiger partial charge >= 0.3 is 0 Å². The number of nitrogens with one attached hydrogen (secondary N) is 1. The molecule has 0 spiro atoms. The molecule has 3 nitrogen and oxygen atoms in total. The minimum absolute atomic E-state index is 0.0890. The van der Waals surface area contributed by atoms with Crippen molar-refractivity contribution in [2.24, 2.45) is 0 Å². The molecule has 100 valence electrons. The van der Waals surface area contributed by atoms with E-state index in [4.69, 9.17) is 0 Å². The fourth-order valence-electron chi connectivity index (χ4n) is 1.42. The lowest BCUT2D eigenvalue weighted by Gasteiger charge is -2.08. The zero-order valence-corrected chi connectivity index (χ0v) is 10.2. The van der Waals surface area contributed by atoms with Gasteiger partial charge in [-0.05, 0) is 36.4 Å². The van der Waals surface area contributed by atoms with Gasteiger partial charge in [0.15, 0.2) is 0 Å². The Kier molecular flexibility index (Phi) is 3.48. The first-order valence-electron chi connectivity index (χ1n) is 5.11. The first-order valence-corrected chi connectivity index (χ1v) is 6.60. The third-order valence-corrected chi connectivity index (χ3v) is 3.60. The molecule has 0 atom stereocenters. The summed E-state index contributed by atoms with van der Waals surface area (Å²) in [6.07, 6.45) is 0. The van der Waals surface area contributed by atoms with Crippen LogP contribution in [0.3, 0.4) is 0 Å². The van der Waals surface area contributed by atoms with E-state index in [1.54, 1.807) is 0 Å². The number of hydrogen-bond donors (Lipinski definition) is 1. The van der Waals surface area contributed by atoms with E-state index in [1.807, 2.05) is 0 Å². The Balaban J connectivity index is 2.34. The van der Waals surface area contributed by atoms with Gasteiger partial charge in [-0.3, -0.25) is 4.72 Å². The van der Waals surface area contributed by atoms with E-state index in [1.165, 1.54) is 12.1 Å². The molecule has 0 bridgehead atoms. The number of sulfonamides is 1. The molecular formula is C12H8F3NO2S. The number of rotatable bonds is 3. The van der Waals surface area contributed by atoms with Gasteiger partial charge in [0.25, 0.3) is 10.0 Å². The van der Waals surface area contributed by atoms with E-state index < -0.39 is 32.4 Å². The van der Waals surface area contributed by atoms with Crippen molar-refractivity contribution >= 4 is 15.7 Å². The van der Waals surface area contributed by atoms with Crippen LogP contribution in [0, 0.1) is 17.5 Å². The molecule has 0 radical (unpaired) electrons. The van der Waals surface area contributed by atoms with E-state index in [0.29, 0.717) is 18.2 Å². The van der Waals surface area contributed by atoms with Crippen LogP contribution >= 0.6 is 0 Å². The van der Waals surface area contributed by atoms with Crippen molar-refractivity contribution in [3.63, 3.8) is 0 Å². The van der Waals surface area contributed by atoms with Crippen molar-refractivity contribution in [3.8, 4) is 0 Å². The normalized spacial score (nSPS) is 11.3. The minimum atomic E-state index is -4.12. The van der Waals surface area contributed by atoms with E-state index in [0.717, 1.165) is 12.1 Å². The highest BCUT2D eigenvalue weighted by Crippen LogP contribution is 2.18. The molecule has 7 heteroatoms. The quantitative estimate of drug-likeness (QED) is 0.943. The second-order valence-corrected chi connectivity index (χ2v) is 5.40. The first-order chi connectivity index (χ1) is 8.87. The number of halogens is 3. The number of benzene rings is 2. The molecule has 0 saturated carbocycles. The van der Waals surface area contributed by atoms with Crippen molar-refractivity contribution in [2.75, 3.05) is 4.72 Å². The van der Waals surface area contributed by atoms with Gasteiger partial charge in [-0.15, -0.1) is 0 Å². The van der Waals surface area contributed by atoms with Crippen LogP contribution in [0.25, 0.3) is 0 Å². The average Bonchev–Trinajstić information content (AvgIpc) is 2.31. The third kappa shape index (κ3) is 3.25. The Bertz CT molecular complexity index is 679.